The van der Waals surface area contributed by atoms with Gasteiger partial charge in [0.15, 0.2) is 11.5 Å². The summed E-state index contributed by atoms with van der Waals surface area (Å²) in [7, 11) is 3.22. The van der Waals surface area contributed by atoms with Crippen molar-refractivity contribution in [3.05, 3.63) is 17.2 Å². The van der Waals surface area contributed by atoms with Crippen molar-refractivity contribution in [2.24, 2.45) is 0 Å². The first-order valence-corrected chi connectivity index (χ1v) is 7.64. The van der Waals surface area contributed by atoms with Crippen molar-refractivity contribution in [3.8, 4) is 11.5 Å². The van der Waals surface area contributed by atoms with Gasteiger partial charge in [0.2, 0.25) is 0 Å². The summed E-state index contributed by atoms with van der Waals surface area (Å²) < 4.78 is 10.4. The number of benzene rings is 1. The van der Waals surface area contributed by atoms with Gasteiger partial charge in [0, 0.05) is 18.7 Å². The zero-order valence-electron chi connectivity index (χ0n) is 11.1. The normalized spacial score (nSPS) is 10.2. The van der Waals surface area contributed by atoms with Crippen LogP contribution in [-0.4, -0.2) is 32.8 Å². The lowest BCUT2D eigenvalue weighted by molar-refractivity contribution is 0.355. The van der Waals surface area contributed by atoms with Crippen molar-refractivity contribution in [1.29, 1.82) is 0 Å². The second-order valence-electron chi connectivity index (χ2n) is 3.81. The lowest BCUT2D eigenvalue weighted by Gasteiger charge is -2.13. The molecule has 0 unspecified atom stereocenters. The molecule has 0 aliphatic carbocycles. The average Bonchev–Trinajstić information content (AvgIpc) is 2.39. The van der Waals surface area contributed by atoms with Gasteiger partial charge < -0.3 is 14.8 Å². The number of unbranched alkanes of at least 4 members (excludes halogenated alkanes) is 1. The van der Waals surface area contributed by atoms with Crippen molar-refractivity contribution >= 4 is 29.1 Å². The maximum atomic E-state index is 6.18. The van der Waals surface area contributed by atoms with Crippen molar-refractivity contribution in [2.75, 3.05) is 38.1 Å². The van der Waals surface area contributed by atoms with E-state index in [2.05, 4.69) is 11.6 Å². The molecule has 1 aromatic carbocycles. The quantitative estimate of drug-likeness (QED) is 0.735. The molecule has 5 heteroatoms. The van der Waals surface area contributed by atoms with E-state index in [9.17, 15) is 0 Å². The molecule has 0 radical (unpaired) electrons. The number of anilines is 1. The summed E-state index contributed by atoms with van der Waals surface area (Å²) in [6, 6.07) is 3.64. The van der Waals surface area contributed by atoms with Crippen molar-refractivity contribution in [2.45, 2.75) is 12.8 Å². The van der Waals surface area contributed by atoms with Crippen LogP contribution in [0.3, 0.4) is 0 Å². The van der Waals surface area contributed by atoms with Gasteiger partial charge >= 0.3 is 0 Å². The molecule has 0 aliphatic rings. The smallest absolute Gasteiger partial charge is 0.162 e. The molecule has 0 saturated carbocycles. The summed E-state index contributed by atoms with van der Waals surface area (Å²) in [6.45, 7) is 0.912. The Morgan fingerprint density at radius 3 is 2.44 bits per heavy atom. The first-order valence-electron chi connectivity index (χ1n) is 5.87. The molecule has 0 fully saturated rings. The highest BCUT2D eigenvalue weighted by molar-refractivity contribution is 7.98. The number of thioether (sulfide) groups is 1. The third kappa shape index (κ3) is 4.50. The molecule has 0 spiro atoms. The topological polar surface area (TPSA) is 30.5 Å². The van der Waals surface area contributed by atoms with Gasteiger partial charge in [-0.25, -0.2) is 0 Å². The van der Waals surface area contributed by atoms with Gasteiger partial charge in [-0.2, -0.15) is 11.8 Å². The number of halogens is 1. The van der Waals surface area contributed by atoms with Gasteiger partial charge in [-0.3, -0.25) is 0 Å². The Balaban J connectivity index is 2.59. The van der Waals surface area contributed by atoms with E-state index >= 15 is 0 Å². The van der Waals surface area contributed by atoms with Crippen LogP contribution in [0.4, 0.5) is 5.69 Å². The monoisotopic (exact) mass is 289 g/mol. The zero-order chi connectivity index (χ0) is 13.4. The number of rotatable bonds is 8. The van der Waals surface area contributed by atoms with E-state index in [0.29, 0.717) is 16.5 Å². The van der Waals surface area contributed by atoms with Crippen molar-refractivity contribution < 1.29 is 9.47 Å². The van der Waals surface area contributed by atoms with Crippen LogP contribution in [0.2, 0.25) is 5.02 Å². The lowest BCUT2D eigenvalue weighted by Crippen LogP contribution is -2.03. The molecule has 1 aromatic rings. The van der Waals surface area contributed by atoms with Gasteiger partial charge in [0.1, 0.15) is 0 Å². The van der Waals surface area contributed by atoms with Crippen molar-refractivity contribution in [3.63, 3.8) is 0 Å². The predicted molar refractivity (Wildman–Crippen MR) is 80.7 cm³/mol. The Morgan fingerprint density at radius 1 is 1.17 bits per heavy atom. The lowest BCUT2D eigenvalue weighted by atomic mass is 10.2. The van der Waals surface area contributed by atoms with E-state index in [1.807, 2.05) is 17.8 Å². The molecule has 3 nitrogen and oxygen atoms in total. The summed E-state index contributed by atoms with van der Waals surface area (Å²) in [6.07, 6.45) is 4.46. The fourth-order valence-electron chi connectivity index (χ4n) is 1.58. The maximum absolute atomic E-state index is 6.18. The van der Waals surface area contributed by atoms with Gasteiger partial charge in [-0.1, -0.05) is 11.6 Å². The van der Waals surface area contributed by atoms with E-state index in [0.717, 1.165) is 18.7 Å². The van der Waals surface area contributed by atoms with Crippen LogP contribution in [0, 0.1) is 0 Å². The molecular formula is C13H20ClNO2S. The number of ether oxygens (including phenoxy) is 2. The van der Waals surface area contributed by atoms with Crippen LogP contribution in [0.1, 0.15) is 12.8 Å². The van der Waals surface area contributed by atoms with E-state index in [-0.39, 0.29) is 0 Å². The van der Waals surface area contributed by atoms with Crippen LogP contribution in [0.15, 0.2) is 12.1 Å². The van der Waals surface area contributed by atoms with Gasteiger partial charge in [0.25, 0.3) is 0 Å². The molecular weight excluding hydrogens is 270 g/mol. The Labute approximate surface area is 118 Å². The summed E-state index contributed by atoms with van der Waals surface area (Å²) in [5.74, 6) is 2.53. The first kappa shape index (κ1) is 15.3. The summed E-state index contributed by atoms with van der Waals surface area (Å²) in [5, 5.41) is 3.97. The number of nitrogens with one attached hydrogen (secondary N) is 1. The summed E-state index contributed by atoms with van der Waals surface area (Å²) in [5.41, 5.74) is 0.887. The Kier molecular flexibility index (Phi) is 7.13. The highest BCUT2D eigenvalue weighted by Gasteiger charge is 2.09. The second kappa shape index (κ2) is 8.38. The van der Waals surface area contributed by atoms with Crippen LogP contribution >= 0.6 is 23.4 Å². The Bertz CT molecular complexity index is 374. The molecule has 0 bridgehead atoms. The minimum absolute atomic E-state index is 0.649. The van der Waals surface area contributed by atoms with Crippen LogP contribution in [-0.2, 0) is 0 Å². The molecule has 0 amide bonds. The zero-order valence-corrected chi connectivity index (χ0v) is 12.7. The van der Waals surface area contributed by atoms with Crippen LogP contribution in [0.5, 0.6) is 11.5 Å². The van der Waals surface area contributed by atoms with E-state index in [4.69, 9.17) is 21.1 Å². The van der Waals surface area contributed by atoms with E-state index in [1.165, 1.54) is 12.2 Å². The number of hydrogen-bond donors (Lipinski definition) is 1. The molecule has 18 heavy (non-hydrogen) atoms. The molecule has 1 N–H and O–H groups in total. The van der Waals surface area contributed by atoms with Gasteiger partial charge in [0.05, 0.1) is 24.9 Å². The third-order valence-corrected chi connectivity index (χ3v) is 3.57. The van der Waals surface area contributed by atoms with E-state index in [1.54, 1.807) is 20.3 Å². The Hall–Kier alpha value is -0.740. The predicted octanol–water partition coefficient (Wildman–Crippen LogP) is 3.91. The molecule has 0 saturated heterocycles. The Morgan fingerprint density at radius 2 is 1.83 bits per heavy atom. The van der Waals surface area contributed by atoms with Crippen LogP contribution in [0.25, 0.3) is 0 Å². The van der Waals surface area contributed by atoms with Gasteiger partial charge in [-0.05, 0) is 24.9 Å². The molecule has 102 valence electrons. The fourth-order valence-corrected chi connectivity index (χ4v) is 2.30. The number of hydrogen-bond acceptors (Lipinski definition) is 4. The van der Waals surface area contributed by atoms with E-state index < -0.39 is 0 Å². The molecule has 0 aliphatic heterocycles. The SMILES string of the molecule is COc1cc(Cl)c(NCCCCSC)cc1OC. The minimum Gasteiger partial charge on any atom is -0.493 e. The molecule has 0 aromatic heterocycles. The largest absolute Gasteiger partial charge is 0.493 e. The fraction of sp³-hybridized carbons (Fsp3) is 0.538. The third-order valence-electron chi connectivity index (χ3n) is 2.56. The molecule has 0 heterocycles. The van der Waals surface area contributed by atoms with Crippen LogP contribution < -0.4 is 14.8 Å². The standard InChI is InChI=1S/C13H20ClNO2S/c1-16-12-8-10(14)11(9-13(12)17-2)15-6-4-5-7-18-3/h8-9,15H,4-7H2,1-3H3. The highest BCUT2D eigenvalue weighted by Crippen LogP contribution is 2.35. The second-order valence-corrected chi connectivity index (χ2v) is 5.21. The molecule has 1 rings (SSSR count). The van der Waals surface area contributed by atoms with Gasteiger partial charge in [-0.15, -0.1) is 0 Å². The highest BCUT2D eigenvalue weighted by atomic mass is 35.5. The average molecular weight is 290 g/mol. The summed E-state index contributed by atoms with van der Waals surface area (Å²) in [4.78, 5) is 0. The number of methoxy groups -OCH3 is 2. The minimum atomic E-state index is 0.649. The summed E-state index contributed by atoms with van der Waals surface area (Å²) >= 11 is 8.05. The van der Waals surface area contributed by atoms with Crippen molar-refractivity contribution in [1.82, 2.24) is 0 Å². The maximum Gasteiger partial charge on any atom is 0.162 e. The molecule has 0 atom stereocenters. The first-order chi connectivity index (χ1) is 8.72.